The molecule has 2 aromatic heterocycles. The number of amides is 1. The van der Waals surface area contributed by atoms with Crippen molar-refractivity contribution in [2.75, 3.05) is 0 Å². The Kier molecular flexibility index (Phi) is 4.16. The molecule has 0 aliphatic heterocycles. The Morgan fingerprint density at radius 3 is 2.96 bits per heavy atom. The van der Waals surface area contributed by atoms with E-state index in [4.69, 9.17) is 0 Å². The van der Waals surface area contributed by atoms with Crippen LogP contribution >= 0.6 is 11.3 Å². The van der Waals surface area contributed by atoms with Gasteiger partial charge in [0.25, 0.3) is 5.56 Å². The van der Waals surface area contributed by atoms with Crippen molar-refractivity contribution in [3.05, 3.63) is 27.1 Å². The Balaban J connectivity index is 1.61. The van der Waals surface area contributed by atoms with Gasteiger partial charge in [0.1, 0.15) is 11.4 Å². The Morgan fingerprint density at radius 2 is 2.17 bits per heavy atom. The highest BCUT2D eigenvalue weighted by Crippen LogP contribution is 2.35. The number of aromatic nitrogens is 2. The summed E-state index contributed by atoms with van der Waals surface area (Å²) in [6.07, 6.45) is 9.10. The Hall–Kier alpha value is -1.69. The van der Waals surface area contributed by atoms with Crippen molar-refractivity contribution >= 4 is 27.5 Å². The van der Waals surface area contributed by atoms with Gasteiger partial charge in [0, 0.05) is 10.9 Å². The summed E-state index contributed by atoms with van der Waals surface area (Å²) in [4.78, 5) is 31.7. The average Bonchev–Trinajstić information content (AvgIpc) is 3.16. The van der Waals surface area contributed by atoms with Crippen molar-refractivity contribution in [1.82, 2.24) is 14.9 Å². The first-order valence-electron chi connectivity index (χ1n) is 8.91. The maximum Gasteiger partial charge on any atom is 0.262 e. The van der Waals surface area contributed by atoms with Crippen LogP contribution in [0.1, 0.15) is 49.5 Å². The van der Waals surface area contributed by atoms with Crippen LogP contribution in [0.3, 0.4) is 0 Å². The van der Waals surface area contributed by atoms with Crippen molar-refractivity contribution in [3.63, 3.8) is 0 Å². The molecule has 24 heavy (non-hydrogen) atoms. The molecule has 0 spiro atoms. The van der Waals surface area contributed by atoms with E-state index in [1.165, 1.54) is 34.2 Å². The van der Waals surface area contributed by atoms with E-state index in [0.29, 0.717) is 5.92 Å². The van der Waals surface area contributed by atoms with Crippen LogP contribution in [-0.4, -0.2) is 21.5 Å². The van der Waals surface area contributed by atoms with Gasteiger partial charge in [-0.15, -0.1) is 11.3 Å². The molecule has 1 N–H and O–H groups in total. The molecule has 1 atom stereocenters. The van der Waals surface area contributed by atoms with E-state index < -0.39 is 0 Å². The average molecular weight is 345 g/mol. The molecule has 6 heteroatoms. The van der Waals surface area contributed by atoms with Gasteiger partial charge in [-0.05, 0) is 43.6 Å². The fourth-order valence-electron chi connectivity index (χ4n) is 3.98. The largest absolute Gasteiger partial charge is 0.352 e. The Bertz CT molecular complexity index is 833. The molecule has 0 bridgehead atoms. The van der Waals surface area contributed by atoms with Gasteiger partial charge in [0.15, 0.2) is 0 Å². The highest BCUT2D eigenvalue weighted by atomic mass is 32.1. The summed E-state index contributed by atoms with van der Waals surface area (Å²) in [5.41, 5.74) is 1.12. The Labute approximate surface area is 145 Å². The number of nitrogens with one attached hydrogen (secondary N) is 1. The summed E-state index contributed by atoms with van der Waals surface area (Å²) in [6, 6.07) is 0.278. The SMILES string of the molecule is C[C@@H]1CCc2c(sc3ncn(CC(=O)NC4CCCC4)c(=O)c23)C1. The molecule has 128 valence electrons. The molecule has 2 aliphatic rings. The predicted molar refractivity (Wildman–Crippen MR) is 95.5 cm³/mol. The van der Waals surface area contributed by atoms with Crippen molar-refractivity contribution in [2.45, 2.75) is 64.5 Å². The number of fused-ring (bicyclic) bond motifs is 3. The highest BCUT2D eigenvalue weighted by molar-refractivity contribution is 7.18. The van der Waals surface area contributed by atoms with Gasteiger partial charge >= 0.3 is 0 Å². The molecular weight excluding hydrogens is 322 g/mol. The second-order valence-corrected chi connectivity index (χ2v) is 8.34. The van der Waals surface area contributed by atoms with Crippen LogP contribution in [0.2, 0.25) is 0 Å². The quantitative estimate of drug-likeness (QED) is 0.930. The molecule has 0 aromatic carbocycles. The zero-order chi connectivity index (χ0) is 16.7. The van der Waals surface area contributed by atoms with E-state index in [0.717, 1.165) is 42.3 Å². The fourth-order valence-corrected chi connectivity index (χ4v) is 5.32. The molecular formula is C18H23N3O2S. The van der Waals surface area contributed by atoms with Crippen molar-refractivity contribution in [3.8, 4) is 0 Å². The fraction of sp³-hybridized carbons (Fsp3) is 0.611. The van der Waals surface area contributed by atoms with Crippen molar-refractivity contribution in [2.24, 2.45) is 5.92 Å². The summed E-state index contributed by atoms with van der Waals surface area (Å²) >= 11 is 1.65. The number of nitrogens with zero attached hydrogens (tertiary/aromatic N) is 2. The Morgan fingerprint density at radius 1 is 1.38 bits per heavy atom. The molecule has 1 saturated carbocycles. The summed E-state index contributed by atoms with van der Waals surface area (Å²) in [5, 5.41) is 3.79. The van der Waals surface area contributed by atoms with Gasteiger partial charge in [-0.1, -0.05) is 19.8 Å². The van der Waals surface area contributed by atoms with Crippen molar-refractivity contribution < 1.29 is 4.79 Å². The van der Waals surface area contributed by atoms with Crippen LogP contribution in [0, 0.1) is 5.92 Å². The number of hydrogen-bond acceptors (Lipinski definition) is 4. The molecule has 2 aliphatic carbocycles. The number of carbonyl (C=O) groups is 1. The second kappa shape index (κ2) is 6.31. The summed E-state index contributed by atoms with van der Waals surface area (Å²) in [7, 11) is 0. The van der Waals surface area contributed by atoms with E-state index in [1.807, 2.05) is 0 Å². The lowest BCUT2D eigenvalue weighted by Crippen LogP contribution is -2.37. The normalized spacial score (nSPS) is 21.1. The summed E-state index contributed by atoms with van der Waals surface area (Å²) < 4.78 is 1.47. The molecule has 0 unspecified atom stereocenters. The highest BCUT2D eigenvalue weighted by Gasteiger charge is 2.24. The molecule has 0 radical (unpaired) electrons. The maximum absolute atomic E-state index is 12.9. The van der Waals surface area contributed by atoms with Crippen LogP contribution < -0.4 is 10.9 Å². The first-order chi connectivity index (χ1) is 11.6. The molecule has 1 amide bonds. The van der Waals surface area contributed by atoms with Gasteiger partial charge in [-0.25, -0.2) is 4.98 Å². The third kappa shape index (κ3) is 2.88. The standard InChI is InChI=1S/C18H23N3O2S/c1-11-6-7-13-14(8-11)24-17-16(13)18(23)21(10-19-17)9-15(22)20-12-4-2-3-5-12/h10-12H,2-9H2,1H3,(H,20,22)/t11-/m1/s1. The third-order valence-electron chi connectivity index (χ3n) is 5.32. The number of hydrogen-bond donors (Lipinski definition) is 1. The number of thiophene rings is 1. The van der Waals surface area contributed by atoms with Gasteiger partial charge < -0.3 is 5.32 Å². The minimum absolute atomic E-state index is 0.0615. The number of aryl methyl sites for hydroxylation is 1. The minimum Gasteiger partial charge on any atom is -0.352 e. The lowest BCUT2D eigenvalue weighted by Gasteiger charge is -2.17. The first-order valence-corrected chi connectivity index (χ1v) is 9.72. The predicted octanol–water partition coefficient (Wildman–Crippen LogP) is 2.64. The van der Waals surface area contributed by atoms with Gasteiger partial charge in [-0.2, -0.15) is 0 Å². The molecule has 0 saturated heterocycles. The summed E-state index contributed by atoms with van der Waals surface area (Å²) in [5.74, 6) is 0.591. The number of carbonyl (C=O) groups excluding carboxylic acids is 1. The third-order valence-corrected chi connectivity index (χ3v) is 6.48. The van der Waals surface area contributed by atoms with Crippen LogP contribution in [0.15, 0.2) is 11.1 Å². The minimum atomic E-state index is -0.0807. The van der Waals surface area contributed by atoms with Crippen LogP contribution in [0.5, 0.6) is 0 Å². The molecule has 2 heterocycles. The van der Waals surface area contributed by atoms with Crippen LogP contribution in [0.4, 0.5) is 0 Å². The zero-order valence-electron chi connectivity index (χ0n) is 14.0. The van der Waals surface area contributed by atoms with E-state index in [-0.39, 0.29) is 24.1 Å². The molecule has 2 aromatic rings. The summed E-state index contributed by atoms with van der Waals surface area (Å²) in [6.45, 7) is 2.33. The van der Waals surface area contributed by atoms with E-state index >= 15 is 0 Å². The van der Waals surface area contributed by atoms with Crippen molar-refractivity contribution in [1.29, 1.82) is 0 Å². The monoisotopic (exact) mass is 345 g/mol. The van der Waals surface area contributed by atoms with Gasteiger partial charge in [0.05, 0.1) is 11.7 Å². The van der Waals surface area contributed by atoms with E-state index in [2.05, 4.69) is 17.2 Å². The zero-order valence-corrected chi connectivity index (χ0v) is 14.8. The molecule has 1 fully saturated rings. The first kappa shape index (κ1) is 15.8. The van der Waals surface area contributed by atoms with E-state index in [1.54, 1.807) is 11.3 Å². The second-order valence-electron chi connectivity index (χ2n) is 7.26. The lowest BCUT2D eigenvalue weighted by atomic mass is 9.89. The van der Waals surface area contributed by atoms with Gasteiger partial charge in [-0.3, -0.25) is 14.2 Å². The molecule has 4 rings (SSSR count). The van der Waals surface area contributed by atoms with E-state index in [9.17, 15) is 9.59 Å². The number of rotatable bonds is 3. The maximum atomic E-state index is 12.9. The van der Waals surface area contributed by atoms with Gasteiger partial charge in [0.2, 0.25) is 5.91 Å². The molecule has 5 nitrogen and oxygen atoms in total. The topological polar surface area (TPSA) is 64.0 Å². The smallest absolute Gasteiger partial charge is 0.262 e. The van der Waals surface area contributed by atoms with Crippen LogP contribution in [-0.2, 0) is 24.2 Å². The lowest BCUT2D eigenvalue weighted by molar-refractivity contribution is -0.122. The van der Waals surface area contributed by atoms with Crippen LogP contribution in [0.25, 0.3) is 10.2 Å².